The summed E-state index contributed by atoms with van der Waals surface area (Å²) in [6, 6.07) is 22.5. The third kappa shape index (κ3) is 7.14. The molecule has 2 heterocycles. The molecule has 0 spiro atoms. The van der Waals surface area contributed by atoms with E-state index < -0.39 is 65.7 Å². The summed E-state index contributed by atoms with van der Waals surface area (Å²) < 4.78 is 74.1. The monoisotopic (exact) mass is 794 g/mol. The number of hydrogen-bond acceptors (Lipinski definition) is 9. The van der Waals surface area contributed by atoms with Gasteiger partial charge in [0.1, 0.15) is 0 Å². The van der Waals surface area contributed by atoms with Gasteiger partial charge in [-0.3, -0.25) is 0 Å². The second-order valence-electron chi connectivity index (χ2n) is 9.02. The number of benzene rings is 3. The Morgan fingerprint density at radius 1 is 0.632 bits per heavy atom. The predicted molar refractivity (Wildman–Crippen MR) is 145 cm³/mol. The first-order valence-corrected chi connectivity index (χ1v) is 23.2. The van der Waals surface area contributed by atoms with Crippen LogP contribution in [0.25, 0.3) is 0 Å². The second kappa shape index (κ2) is 11.9. The summed E-state index contributed by atoms with van der Waals surface area (Å²) in [6.07, 6.45) is 0.160. The summed E-state index contributed by atoms with van der Waals surface area (Å²) in [6.45, 7) is 5.73. The molecule has 2 saturated heterocycles. The van der Waals surface area contributed by atoms with Crippen molar-refractivity contribution < 1.29 is 30.5 Å². The zero-order valence-electron chi connectivity index (χ0n) is 21.0. The quantitative estimate of drug-likeness (QED) is 0.156. The summed E-state index contributed by atoms with van der Waals surface area (Å²) in [4.78, 5) is 0. The van der Waals surface area contributed by atoms with E-state index in [4.69, 9.17) is 16.8 Å². The topological polar surface area (TPSA) is 107 Å². The van der Waals surface area contributed by atoms with Gasteiger partial charge in [-0.2, -0.15) is 0 Å². The minimum absolute atomic E-state index is 0.0648. The average molecular weight is 796 g/mol. The molecule has 0 bridgehead atoms. The van der Waals surface area contributed by atoms with Crippen LogP contribution in [0.2, 0.25) is 0 Å². The molecule has 2 aliphatic rings. The molecule has 3 aromatic carbocycles. The zero-order valence-corrected chi connectivity index (χ0v) is 28.7. The minimum atomic E-state index is -3.89. The van der Waals surface area contributed by atoms with E-state index in [1.165, 1.54) is 0 Å². The van der Waals surface area contributed by atoms with Crippen LogP contribution < -0.4 is 0 Å². The van der Waals surface area contributed by atoms with Crippen molar-refractivity contribution in [3.05, 3.63) is 106 Å². The van der Waals surface area contributed by atoms with Gasteiger partial charge in [0.05, 0.1) is 0 Å². The molecule has 0 N–H and O–H groups in total. The molecule has 2 fully saturated rings. The summed E-state index contributed by atoms with van der Waals surface area (Å²) in [5.74, 6) is 0. The molecule has 38 heavy (non-hydrogen) atoms. The summed E-state index contributed by atoms with van der Waals surface area (Å²) in [5, 5.41) is 0. The fourth-order valence-electron chi connectivity index (χ4n) is 3.86. The van der Waals surface area contributed by atoms with Crippen molar-refractivity contribution in [2.24, 2.45) is 0 Å². The fourth-order valence-corrected chi connectivity index (χ4v) is 26.9. The molecule has 0 amide bonds. The zero-order chi connectivity index (χ0) is 27.0. The van der Waals surface area contributed by atoms with E-state index in [1.807, 2.05) is 93.6 Å². The normalized spacial score (nSPS) is 19.0. The Kier molecular flexibility index (Phi) is 9.18. The Morgan fingerprint density at radius 2 is 0.974 bits per heavy atom. The van der Waals surface area contributed by atoms with Crippen molar-refractivity contribution in [2.45, 2.75) is 39.3 Å². The van der Waals surface area contributed by atoms with Gasteiger partial charge in [-0.05, 0) is 0 Å². The Labute approximate surface area is 240 Å². The molecule has 0 unspecified atom stereocenters. The predicted octanol–water partition coefficient (Wildman–Crippen LogP) is 7.19. The standard InChI is InChI=1S/3C8H11O3P.2Sb/c3*1-7-4-2-3-5-8(7)6-12(9,10)11;;/h3*2-5H,6H2,1H3,(H2,9,10,11);;/q;;;2*+3/p-6. The molecule has 0 atom stereocenters. The van der Waals surface area contributed by atoms with Gasteiger partial charge in [-0.15, -0.1) is 0 Å². The Bertz CT molecular complexity index is 1380. The van der Waals surface area contributed by atoms with Crippen LogP contribution in [0.5, 0.6) is 0 Å². The van der Waals surface area contributed by atoms with Gasteiger partial charge in [-0.25, -0.2) is 0 Å². The van der Waals surface area contributed by atoms with Crippen LogP contribution >= 0.6 is 22.8 Å². The molecule has 0 radical (unpaired) electrons. The Balaban J connectivity index is 1.25. The van der Waals surface area contributed by atoms with Crippen LogP contribution in [0.15, 0.2) is 72.8 Å². The van der Waals surface area contributed by atoms with Gasteiger partial charge in [0.25, 0.3) is 0 Å². The van der Waals surface area contributed by atoms with E-state index in [9.17, 15) is 13.7 Å². The summed E-state index contributed by atoms with van der Waals surface area (Å²) >= 11 is -7.03. The van der Waals surface area contributed by atoms with Crippen molar-refractivity contribution in [3.63, 3.8) is 0 Å². The van der Waals surface area contributed by atoms with Crippen LogP contribution in [0, 0.1) is 20.8 Å². The summed E-state index contributed by atoms with van der Waals surface area (Å²) in [7, 11) is -10.6. The molecule has 9 nitrogen and oxygen atoms in total. The summed E-state index contributed by atoms with van der Waals surface area (Å²) in [5.41, 5.74) is 5.31. The van der Waals surface area contributed by atoms with Gasteiger partial charge in [0.2, 0.25) is 0 Å². The van der Waals surface area contributed by atoms with E-state index in [2.05, 4.69) is 0 Å². The van der Waals surface area contributed by atoms with E-state index in [-0.39, 0.29) is 18.5 Å². The third-order valence-corrected chi connectivity index (χ3v) is 30.1. The maximum atomic E-state index is 13.9. The second-order valence-corrected chi connectivity index (χ2v) is 25.6. The van der Waals surface area contributed by atoms with Crippen molar-refractivity contribution >= 4 is 65.7 Å². The van der Waals surface area contributed by atoms with Crippen LogP contribution in [-0.4, -0.2) is 42.9 Å². The van der Waals surface area contributed by atoms with Gasteiger partial charge in [0.15, 0.2) is 0 Å². The Morgan fingerprint density at radius 3 is 1.34 bits per heavy atom. The molecule has 0 saturated carbocycles. The average Bonchev–Trinajstić information content (AvgIpc) is 2.82. The fraction of sp³-hybridized carbons (Fsp3) is 0.250. The van der Waals surface area contributed by atoms with Crippen LogP contribution in [0.1, 0.15) is 33.4 Å². The van der Waals surface area contributed by atoms with Gasteiger partial charge in [-0.1, -0.05) is 0 Å². The van der Waals surface area contributed by atoms with Gasteiger partial charge in [0, 0.05) is 0 Å². The first-order valence-electron chi connectivity index (χ1n) is 11.7. The van der Waals surface area contributed by atoms with E-state index in [1.54, 1.807) is 0 Å². The molecule has 202 valence electrons. The molecule has 0 aliphatic carbocycles. The number of rotatable bonds is 10. The van der Waals surface area contributed by atoms with E-state index in [0.717, 1.165) is 33.4 Å². The Hall–Kier alpha value is -0.254. The van der Waals surface area contributed by atoms with Crippen molar-refractivity contribution in [1.29, 1.82) is 0 Å². The molecular weight excluding hydrogens is 769 g/mol. The first-order chi connectivity index (χ1) is 18.0. The van der Waals surface area contributed by atoms with E-state index >= 15 is 0 Å². The van der Waals surface area contributed by atoms with Crippen molar-refractivity contribution in [1.82, 2.24) is 0 Å². The molecular formula is C24H27O9P3Sb2. The van der Waals surface area contributed by atoms with Crippen LogP contribution in [-0.2, 0) is 49.0 Å². The van der Waals surface area contributed by atoms with Crippen LogP contribution in [0.3, 0.4) is 0 Å². The molecule has 0 aromatic heterocycles. The van der Waals surface area contributed by atoms with Gasteiger partial charge < -0.3 is 0 Å². The molecule has 5 rings (SSSR count). The van der Waals surface area contributed by atoms with Crippen molar-refractivity contribution in [3.8, 4) is 0 Å². The third-order valence-electron chi connectivity index (χ3n) is 6.02. The van der Waals surface area contributed by atoms with E-state index in [0.29, 0.717) is 0 Å². The maximum absolute atomic E-state index is 13.9. The number of aryl methyl sites for hydroxylation is 3. The number of hydrogen-bond donors (Lipinski definition) is 0. The van der Waals surface area contributed by atoms with Crippen molar-refractivity contribution in [2.75, 3.05) is 0 Å². The van der Waals surface area contributed by atoms with Crippen LogP contribution in [0.4, 0.5) is 0 Å². The molecule has 14 heteroatoms. The SMILES string of the molecule is Cc1ccccc1CP1(=O)[O][Sb]([O]P(=O)(Cc2ccccc2C)[O][Sb]2[O]P(=O)(Cc3ccccc3C)[O]2)[O]1. The molecule has 3 aromatic rings. The molecule has 2 aliphatic heterocycles. The van der Waals surface area contributed by atoms with Gasteiger partial charge >= 0.3 is 242 Å². The first kappa shape index (κ1) is 29.2.